The van der Waals surface area contributed by atoms with Gasteiger partial charge in [0.25, 0.3) is 5.91 Å². The second-order valence-electron chi connectivity index (χ2n) is 5.41. The summed E-state index contributed by atoms with van der Waals surface area (Å²) in [5, 5.41) is 2.67. The molecule has 1 N–H and O–H groups in total. The second-order valence-corrected chi connectivity index (χ2v) is 7.64. The molecule has 21 heavy (non-hydrogen) atoms. The molecule has 112 valence electrons. The molecule has 2 aliphatic heterocycles. The molecule has 1 unspecified atom stereocenters. The van der Waals surface area contributed by atoms with Crippen LogP contribution in [0, 0.1) is 5.82 Å². The molecular formula is C14H15FN2O3S. The number of hydrogen-bond donors (Lipinski definition) is 1. The molecular weight excluding hydrogens is 295 g/mol. The van der Waals surface area contributed by atoms with Crippen LogP contribution in [0.1, 0.15) is 12.0 Å². The molecule has 0 radical (unpaired) electrons. The van der Waals surface area contributed by atoms with Crippen LogP contribution in [0.15, 0.2) is 24.4 Å². The Morgan fingerprint density at radius 1 is 1.43 bits per heavy atom. The summed E-state index contributed by atoms with van der Waals surface area (Å²) in [5.74, 6) is -0.460. The molecule has 0 spiro atoms. The lowest BCUT2D eigenvalue weighted by Crippen LogP contribution is -2.28. The van der Waals surface area contributed by atoms with Gasteiger partial charge in [-0.3, -0.25) is 4.79 Å². The van der Waals surface area contributed by atoms with Crippen molar-refractivity contribution in [1.29, 1.82) is 0 Å². The monoisotopic (exact) mass is 310 g/mol. The number of halogens is 1. The van der Waals surface area contributed by atoms with E-state index in [2.05, 4.69) is 5.32 Å². The average Bonchev–Trinajstić information content (AvgIpc) is 2.91. The van der Waals surface area contributed by atoms with E-state index in [1.54, 1.807) is 18.1 Å². The van der Waals surface area contributed by atoms with Gasteiger partial charge in [-0.2, -0.15) is 0 Å². The average molecular weight is 310 g/mol. The predicted molar refractivity (Wildman–Crippen MR) is 77.8 cm³/mol. The number of benzene rings is 1. The zero-order chi connectivity index (χ0) is 15.2. The number of anilines is 1. The molecule has 1 atom stereocenters. The maximum atomic E-state index is 13.3. The summed E-state index contributed by atoms with van der Waals surface area (Å²) in [6.07, 6.45) is 2.15. The Hall–Kier alpha value is -1.89. The number of nitrogens with zero attached hydrogens (tertiary/aromatic N) is 1. The summed E-state index contributed by atoms with van der Waals surface area (Å²) in [4.78, 5) is 13.7. The van der Waals surface area contributed by atoms with Crippen molar-refractivity contribution in [3.05, 3.63) is 35.8 Å². The Morgan fingerprint density at radius 3 is 2.86 bits per heavy atom. The summed E-state index contributed by atoms with van der Waals surface area (Å²) < 4.78 is 36.4. The number of nitrogens with one attached hydrogen (secondary N) is 1. The fourth-order valence-corrected chi connectivity index (χ4v) is 4.48. The zero-order valence-electron chi connectivity index (χ0n) is 11.5. The summed E-state index contributed by atoms with van der Waals surface area (Å²) in [7, 11) is -1.25. The van der Waals surface area contributed by atoms with Crippen LogP contribution in [0.5, 0.6) is 0 Å². The third-order valence-corrected chi connectivity index (χ3v) is 5.63. The minimum atomic E-state index is -2.99. The van der Waals surface area contributed by atoms with Gasteiger partial charge < -0.3 is 10.2 Å². The minimum Gasteiger partial charge on any atom is -0.376 e. The topological polar surface area (TPSA) is 66.5 Å². The Bertz CT molecular complexity index is 743. The van der Waals surface area contributed by atoms with E-state index in [0.29, 0.717) is 23.2 Å². The van der Waals surface area contributed by atoms with Gasteiger partial charge in [0, 0.05) is 30.5 Å². The molecule has 1 fully saturated rings. The molecule has 1 aromatic rings. The van der Waals surface area contributed by atoms with Gasteiger partial charge in [-0.1, -0.05) is 0 Å². The van der Waals surface area contributed by atoms with E-state index >= 15 is 0 Å². The molecule has 1 amide bonds. The van der Waals surface area contributed by atoms with Crippen LogP contribution >= 0.6 is 0 Å². The number of rotatable bonds is 2. The van der Waals surface area contributed by atoms with Crippen LogP contribution < -0.4 is 5.32 Å². The van der Waals surface area contributed by atoms with Crippen molar-refractivity contribution in [2.75, 3.05) is 23.9 Å². The highest BCUT2D eigenvalue weighted by molar-refractivity contribution is 7.91. The van der Waals surface area contributed by atoms with Gasteiger partial charge in [-0.05, 0) is 24.6 Å². The molecule has 2 aliphatic rings. The van der Waals surface area contributed by atoms with Crippen molar-refractivity contribution in [1.82, 2.24) is 4.90 Å². The molecule has 0 bridgehead atoms. The van der Waals surface area contributed by atoms with Gasteiger partial charge in [0.1, 0.15) is 5.82 Å². The highest BCUT2D eigenvalue weighted by atomic mass is 32.2. The first-order valence-electron chi connectivity index (χ1n) is 6.61. The highest BCUT2D eigenvalue weighted by Crippen LogP contribution is 2.33. The number of fused-ring (bicyclic) bond motifs is 1. The second kappa shape index (κ2) is 4.84. The molecule has 3 rings (SSSR count). The van der Waals surface area contributed by atoms with Crippen LogP contribution in [0.3, 0.4) is 0 Å². The fourth-order valence-electron chi connectivity index (χ4n) is 2.69. The van der Waals surface area contributed by atoms with E-state index in [9.17, 15) is 17.6 Å². The number of carbonyl (C=O) groups excluding carboxylic acids is 1. The van der Waals surface area contributed by atoms with Crippen LogP contribution in [-0.4, -0.2) is 43.8 Å². The molecule has 1 aromatic carbocycles. The van der Waals surface area contributed by atoms with E-state index in [1.165, 1.54) is 18.2 Å². The number of sulfone groups is 1. The van der Waals surface area contributed by atoms with E-state index in [1.807, 2.05) is 0 Å². The van der Waals surface area contributed by atoms with Crippen molar-refractivity contribution >= 4 is 27.0 Å². The van der Waals surface area contributed by atoms with Crippen LogP contribution in [0.2, 0.25) is 0 Å². The number of carbonyl (C=O) groups is 1. The Kier molecular flexibility index (Phi) is 3.24. The van der Waals surface area contributed by atoms with Gasteiger partial charge >= 0.3 is 0 Å². The molecule has 7 heteroatoms. The first kappa shape index (κ1) is 14.1. The Morgan fingerprint density at radius 2 is 2.19 bits per heavy atom. The molecule has 1 saturated heterocycles. The van der Waals surface area contributed by atoms with E-state index in [0.717, 1.165) is 0 Å². The maximum absolute atomic E-state index is 13.3. The van der Waals surface area contributed by atoms with Crippen molar-refractivity contribution in [2.24, 2.45) is 0 Å². The largest absolute Gasteiger partial charge is 0.376 e. The minimum absolute atomic E-state index is 0.0882. The normalized spacial score (nSPS) is 25.0. The smallest absolute Gasteiger partial charge is 0.257 e. The standard InChI is InChI=1S/C14H15FN2O3S/c1-17(10-4-5-21(19,20)8-10)7-12-11-6-9(15)2-3-13(11)16-14(12)18/h2-3,6-7,10H,4-5,8H2,1H3,(H,16,18)/b12-7+. The number of amides is 1. The summed E-state index contributed by atoms with van der Waals surface area (Å²) >= 11 is 0. The molecule has 5 nitrogen and oxygen atoms in total. The first-order chi connectivity index (χ1) is 9.85. The summed E-state index contributed by atoms with van der Waals surface area (Å²) in [6.45, 7) is 0. The Labute approximate surface area is 122 Å². The van der Waals surface area contributed by atoms with Gasteiger partial charge in [0.05, 0.1) is 17.1 Å². The molecule has 0 saturated carbocycles. The van der Waals surface area contributed by atoms with Gasteiger partial charge in [-0.15, -0.1) is 0 Å². The van der Waals surface area contributed by atoms with E-state index in [4.69, 9.17) is 0 Å². The lowest BCUT2D eigenvalue weighted by molar-refractivity contribution is -0.110. The lowest BCUT2D eigenvalue weighted by atomic mass is 10.1. The van der Waals surface area contributed by atoms with Crippen molar-refractivity contribution < 1.29 is 17.6 Å². The van der Waals surface area contributed by atoms with Gasteiger partial charge in [-0.25, -0.2) is 12.8 Å². The molecule has 0 aliphatic carbocycles. The third kappa shape index (κ3) is 2.65. The third-order valence-electron chi connectivity index (χ3n) is 3.88. The van der Waals surface area contributed by atoms with E-state index < -0.39 is 15.7 Å². The molecule has 2 heterocycles. The predicted octanol–water partition coefficient (Wildman–Crippen LogP) is 1.24. The lowest BCUT2D eigenvalue weighted by Gasteiger charge is -2.21. The van der Waals surface area contributed by atoms with Crippen molar-refractivity contribution in [3.63, 3.8) is 0 Å². The Balaban J connectivity index is 1.90. The van der Waals surface area contributed by atoms with Crippen LogP contribution in [0.4, 0.5) is 10.1 Å². The highest BCUT2D eigenvalue weighted by Gasteiger charge is 2.31. The first-order valence-corrected chi connectivity index (χ1v) is 8.43. The summed E-state index contributed by atoms with van der Waals surface area (Å²) in [6, 6.07) is 3.96. The quantitative estimate of drug-likeness (QED) is 0.835. The maximum Gasteiger partial charge on any atom is 0.257 e. The number of hydrogen-bond acceptors (Lipinski definition) is 4. The van der Waals surface area contributed by atoms with E-state index in [-0.39, 0.29) is 23.5 Å². The molecule has 0 aromatic heterocycles. The fraction of sp³-hybridized carbons (Fsp3) is 0.357. The van der Waals surface area contributed by atoms with Crippen LogP contribution in [0.25, 0.3) is 5.57 Å². The van der Waals surface area contributed by atoms with Crippen LogP contribution in [-0.2, 0) is 14.6 Å². The summed E-state index contributed by atoms with van der Waals surface area (Å²) in [5.41, 5.74) is 1.43. The van der Waals surface area contributed by atoms with Gasteiger partial charge in [0.2, 0.25) is 0 Å². The van der Waals surface area contributed by atoms with Crippen molar-refractivity contribution in [3.8, 4) is 0 Å². The zero-order valence-corrected chi connectivity index (χ0v) is 12.3. The SMILES string of the molecule is CN(/C=C1/C(=O)Nc2ccc(F)cc21)C1CCS(=O)(=O)C1. The van der Waals surface area contributed by atoms with Gasteiger partial charge in [0.15, 0.2) is 9.84 Å². The van der Waals surface area contributed by atoms with Crippen molar-refractivity contribution in [2.45, 2.75) is 12.5 Å².